The van der Waals surface area contributed by atoms with E-state index in [1.807, 2.05) is 25.1 Å². The van der Waals surface area contributed by atoms with Gasteiger partial charge in [-0.2, -0.15) is 0 Å². The van der Waals surface area contributed by atoms with Gasteiger partial charge in [-0.1, -0.05) is 29.8 Å². The Kier molecular flexibility index (Phi) is 5.67. The van der Waals surface area contributed by atoms with Gasteiger partial charge in [-0.05, 0) is 42.8 Å². The fourth-order valence-corrected chi connectivity index (χ4v) is 2.31. The number of nitrogens with one attached hydrogen (secondary N) is 1. The molecule has 1 unspecified atom stereocenters. The van der Waals surface area contributed by atoms with Gasteiger partial charge < -0.3 is 14.8 Å². The van der Waals surface area contributed by atoms with Crippen molar-refractivity contribution in [2.45, 2.75) is 13.0 Å². The molecule has 0 aliphatic heterocycles. The number of rotatable bonds is 6. The van der Waals surface area contributed by atoms with Gasteiger partial charge in [-0.25, -0.2) is 0 Å². The van der Waals surface area contributed by atoms with Gasteiger partial charge in [0.05, 0.1) is 13.2 Å². The highest BCUT2D eigenvalue weighted by molar-refractivity contribution is 6.31. The number of amides is 1. The van der Waals surface area contributed by atoms with Gasteiger partial charge in [0.15, 0.2) is 6.61 Å². The molecule has 0 bridgehead atoms. The largest absolute Gasteiger partial charge is 0.497 e. The molecule has 0 heterocycles. The number of carbonyl (C=O) groups is 1. The first-order valence-corrected chi connectivity index (χ1v) is 7.28. The van der Waals surface area contributed by atoms with Crippen molar-refractivity contribution in [1.82, 2.24) is 5.32 Å². The van der Waals surface area contributed by atoms with Gasteiger partial charge in [0, 0.05) is 5.02 Å². The standard InChI is InChI=1S/C17H18ClNO3/c1-12(15-5-3-4-6-16(15)18)19-17(20)11-22-14-9-7-13(21-2)8-10-14/h3-10,12H,11H2,1-2H3,(H,19,20). The second kappa shape index (κ2) is 7.71. The number of hydrogen-bond acceptors (Lipinski definition) is 3. The molecule has 2 aromatic rings. The number of benzene rings is 2. The van der Waals surface area contributed by atoms with Crippen molar-refractivity contribution in [3.05, 3.63) is 59.1 Å². The summed E-state index contributed by atoms with van der Waals surface area (Å²) in [6, 6.07) is 14.3. The van der Waals surface area contributed by atoms with Gasteiger partial charge in [0.25, 0.3) is 5.91 Å². The molecule has 0 fully saturated rings. The maximum absolute atomic E-state index is 11.9. The molecule has 2 aromatic carbocycles. The summed E-state index contributed by atoms with van der Waals surface area (Å²) in [6.07, 6.45) is 0. The number of methoxy groups -OCH3 is 1. The second-order valence-electron chi connectivity index (χ2n) is 4.77. The Bertz CT molecular complexity index is 628. The minimum absolute atomic E-state index is 0.0544. The first-order chi connectivity index (χ1) is 10.6. The second-order valence-corrected chi connectivity index (χ2v) is 5.18. The third-order valence-corrected chi connectivity index (χ3v) is 3.52. The highest BCUT2D eigenvalue weighted by Crippen LogP contribution is 2.22. The molecular weight excluding hydrogens is 302 g/mol. The number of carbonyl (C=O) groups excluding carboxylic acids is 1. The molecule has 0 saturated heterocycles. The maximum Gasteiger partial charge on any atom is 0.258 e. The molecular formula is C17H18ClNO3. The minimum atomic E-state index is -0.205. The summed E-state index contributed by atoms with van der Waals surface area (Å²) in [4.78, 5) is 11.9. The topological polar surface area (TPSA) is 47.6 Å². The fourth-order valence-electron chi connectivity index (χ4n) is 2.01. The van der Waals surface area contributed by atoms with Crippen LogP contribution in [0, 0.1) is 0 Å². The average molecular weight is 320 g/mol. The van der Waals surface area contributed by atoms with Crippen LogP contribution in [0.2, 0.25) is 5.02 Å². The first kappa shape index (κ1) is 16.2. The minimum Gasteiger partial charge on any atom is -0.497 e. The summed E-state index contributed by atoms with van der Waals surface area (Å²) in [5.74, 6) is 1.15. The van der Waals surface area contributed by atoms with Crippen LogP contribution in [0.5, 0.6) is 11.5 Å². The van der Waals surface area contributed by atoms with E-state index < -0.39 is 0 Å². The van der Waals surface area contributed by atoms with E-state index in [0.29, 0.717) is 10.8 Å². The van der Waals surface area contributed by atoms with Crippen molar-refractivity contribution < 1.29 is 14.3 Å². The lowest BCUT2D eigenvalue weighted by Crippen LogP contribution is -2.31. The van der Waals surface area contributed by atoms with Crippen LogP contribution in [0.1, 0.15) is 18.5 Å². The van der Waals surface area contributed by atoms with E-state index in [1.54, 1.807) is 37.4 Å². The lowest BCUT2D eigenvalue weighted by Gasteiger charge is -2.16. The molecule has 4 nitrogen and oxygen atoms in total. The Labute approximate surface area is 135 Å². The molecule has 2 rings (SSSR count). The van der Waals surface area contributed by atoms with Crippen molar-refractivity contribution >= 4 is 17.5 Å². The Morgan fingerprint density at radius 2 is 1.77 bits per heavy atom. The average Bonchev–Trinajstić information content (AvgIpc) is 2.53. The van der Waals surface area contributed by atoms with Crippen molar-refractivity contribution in [2.24, 2.45) is 0 Å². The number of hydrogen-bond donors (Lipinski definition) is 1. The van der Waals surface area contributed by atoms with Crippen LogP contribution in [-0.2, 0) is 4.79 Å². The third kappa shape index (κ3) is 4.40. The van der Waals surface area contributed by atoms with Crippen LogP contribution in [-0.4, -0.2) is 19.6 Å². The Morgan fingerprint density at radius 1 is 1.14 bits per heavy atom. The first-order valence-electron chi connectivity index (χ1n) is 6.91. The van der Waals surface area contributed by atoms with Crippen LogP contribution in [0.15, 0.2) is 48.5 Å². The summed E-state index contributed by atoms with van der Waals surface area (Å²) in [5, 5.41) is 3.49. The van der Waals surface area contributed by atoms with Crippen molar-refractivity contribution in [3.63, 3.8) is 0 Å². The Hall–Kier alpha value is -2.20. The van der Waals surface area contributed by atoms with E-state index in [4.69, 9.17) is 21.1 Å². The zero-order valence-electron chi connectivity index (χ0n) is 12.5. The van der Waals surface area contributed by atoms with Crippen LogP contribution in [0.3, 0.4) is 0 Å². The highest BCUT2D eigenvalue weighted by Gasteiger charge is 2.12. The molecule has 0 spiro atoms. The normalized spacial score (nSPS) is 11.6. The summed E-state index contributed by atoms with van der Waals surface area (Å²) in [6.45, 7) is 1.83. The predicted octanol–water partition coefficient (Wildman–Crippen LogP) is 3.60. The zero-order chi connectivity index (χ0) is 15.9. The molecule has 0 aromatic heterocycles. The van der Waals surface area contributed by atoms with Gasteiger partial charge >= 0.3 is 0 Å². The van der Waals surface area contributed by atoms with Gasteiger partial charge in [0.1, 0.15) is 11.5 Å². The van der Waals surface area contributed by atoms with Crippen LogP contribution in [0.25, 0.3) is 0 Å². The molecule has 5 heteroatoms. The molecule has 0 saturated carbocycles. The summed E-state index contributed by atoms with van der Waals surface area (Å²) in [5.41, 5.74) is 0.877. The van der Waals surface area contributed by atoms with Gasteiger partial charge in [-0.3, -0.25) is 4.79 Å². The van der Waals surface area contributed by atoms with Crippen LogP contribution in [0.4, 0.5) is 0 Å². The molecule has 0 radical (unpaired) electrons. The van der Waals surface area contributed by atoms with E-state index in [2.05, 4.69) is 5.32 Å². The van der Waals surface area contributed by atoms with Gasteiger partial charge in [-0.15, -0.1) is 0 Å². The fraction of sp³-hybridized carbons (Fsp3) is 0.235. The summed E-state index contributed by atoms with van der Waals surface area (Å²) in [7, 11) is 1.60. The molecule has 1 amide bonds. The van der Waals surface area contributed by atoms with Crippen molar-refractivity contribution in [1.29, 1.82) is 0 Å². The van der Waals surface area contributed by atoms with Crippen LogP contribution >= 0.6 is 11.6 Å². The van der Waals surface area contributed by atoms with E-state index >= 15 is 0 Å². The van der Waals surface area contributed by atoms with Crippen LogP contribution < -0.4 is 14.8 Å². The third-order valence-electron chi connectivity index (χ3n) is 3.18. The van der Waals surface area contributed by atoms with E-state index in [-0.39, 0.29) is 18.6 Å². The molecule has 22 heavy (non-hydrogen) atoms. The summed E-state index contributed by atoms with van der Waals surface area (Å²) < 4.78 is 10.5. The molecule has 116 valence electrons. The molecule has 0 aliphatic rings. The Balaban J connectivity index is 1.86. The molecule has 1 N–H and O–H groups in total. The highest BCUT2D eigenvalue weighted by atomic mass is 35.5. The smallest absolute Gasteiger partial charge is 0.258 e. The molecule has 0 aliphatic carbocycles. The lowest BCUT2D eigenvalue weighted by atomic mass is 10.1. The number of ether oxygens (including phenoxy) is 2. The van der Waals surface area contributed by atoms with Crippen molar-refractivity contribution in [3.8, 4) is 11.5 Å². The molecule has 1 atom stereocenters. The quantitative estimate of drug-likeness (QED) is 0.885. The lowest BCUT2D eigenvalue weighted by molar-refractivity contribution is -0.123. The monoisotopic (exact) mass is 319 g/mol. The van der Waals surface area contributed by atoms with Gasteiger partial charge in [0.2, 0.25) is 0 Å². The van der Waals surface area contributed by atoms with E-state index in [1.165, 1.54) is 0 Å². The van der Waals surface area contributed by atoms with Crippen molar-refractivity contribution in [2.75, 3.05) is 13.7 Å². The van der Waals surface area contributed by atoms with E-state index in [9.17, 15) is 4.79 Å². The van der Waals surface area contributed by atoms with E-state index in [0.717, 1.165) is 11.3 Å². The summed E-state index contributed by atoms with van der Waals surface area (Å²) >= 11 is 6.11. The SMILES string of the molecule is COc1ccc(OCC(=O)NC(C)c2ccccc2Cl)cc1. The number of halogens is 1. The maximum atomic E-state index is 11.9. The predicted molar refractivity (Wildman–Crippen MR) is 86.5 cm³/mol. The zero-order valence-corrected chi connectivity index (χ0v) is 13.3. The Morgan fingerprint density at radius 3 is 2.41 bits per heavy atom.